The minimum absolute atomic E-state index is 0.142. The number of ether oxygens (including phenoxy) is 1. The first-order chi connectivity index (χ1) is 16.7. The SMILES string of the molecule is CC(=O)N(CC(C)(C)NCC(O)COc1ccccc1C1CCCC1)[C@@H]1CCCC[C@H]1O[N+](=O)[O-]. The van der Waals surface area contributed by atoms with Crippen molar-refractivity contribution in [2.24, 2.45) is 0 Å². The van der Waals surface area contributed by atoms with Gasteiger partial charge in [0.2, 0.25) is 5.91 Å². The Morgan fingerprint density at radius 3 is 2.54 bits per heavy atom. The van der Waals surface area contributed by atoms with Gasteiger partial charge in [-0.2, -0.15) is 0 Å². The maximum atomic E-state index is 12.5. The Hall–Kier alpha value is -2.39. The van der Waals surface area contributed by atoms with Crippen LogP contribution >= 0.6 is 0 Å². The summed E-state index contributed by atoms with van der Waals surface area (Å²) in [5, 5.41) is 24.1. The molecule has 0 aliphatic heterocycles. The maximum Gasteiger partial charge on any atom is 0.294 e. The summed E-state index contributed by atoms with van der Waals surface area (Å²) in [7, 11) is 0. The van der Waals surface area contributed by atoms with Crippen LogP contribution in [0.25, 0.3) is 0 Å². The Morgan fingerprint density at radius 2 is 1.86 bits per heavy atom. The molecule has 0 aromatic heterocycles. The molecule has 0 spiro atoms. The first kappa shape index (κ1) is 27.2. The molecule has 2 aliphatic carbocycles. The van der Waals surface area contributed by atoms with Gasteiger partial charge in [-0.05, 0) is 57.1 Å². The van der Waals surface area contributed by atoms with Crippen LogP contribution in [0.5, 0.6) is 5.75 Å². The van der Waals surface area contributed by atoms with E-state index in [4.69, 9.17) is 9.57 Å². The van der Waals surface area contributed by atoms with Gasteiger partial charge in [-0.15, -0.1) is 10.1 Å². The minimum atomic E-state index is -0.758. The molecular weight excluding hydrogens is 450 g/mol. The van der Waals surface area contributed by atoms with E-state index >= 15 is 0 Å². The van der Waals surface area contributed by atoms with Gasteiger partial charge in [0.25, 0.3) is 5.09 Å². The van der Waals surface area contributed by atoms with Gasteiger partial charge in [0.05, 0.1) is 6.04 Å². The first-order valence-electron chi connectivity index (χ1n) is 12.9. The summed E-state index contributed by atoms with van der Waals surface area (Å²) in [6, 6.07) is 7.74. The van der Waals surface area contributed by atoms with Gasteiger partial charge < -0.3 is 24.9 Å². The van der Waals surface area contributed by atoms with Gasteiger partial charge in [-0.3, -0.25) is 4.79 Å². The fraction of sp³-hybridized carbons (Fsp3) is 0.731. The van der Waals surface area contributed by atoms with Crippen molar-refractivity contribution in [3.05, 3.63) is 39.9 Å². The highest BCUT2D eigenvalue weighted by Gasteiger charge is 2.37. The summed E-state index contributed by atoms with van der Waals surface area (Å²) >= 11 is 0. The third-order valence-electron chi connectivity index (χ3n) is 7.22. The molecular formula is C26H41N3O6. The number of hydrogen-bond acceptors (Lipinski definition) is 7. The number of nitrogens with one attached hydrogen (secondary N) is 1. The molecule has 2 aliphatic rings. The van der Waals surface area contributed by atoms with Crippen LogP contribution in [0.2, 0.25) is 0 Å². The van der Waals surface area contributed by atoms with Crippen LogP contribution in [0.1, 0.15) is 83.6 Å². The average Bonchev–Trinajstić information content (AvgIpc) is 3.35. The van der Waals surface area contributed by atoms with Crippen LogP contribution < -0.4 is 10.1 Å². The van der Waals surface area contributed by atoms with E-state index in [9.17, 15) is 20.0 Å². The minimum Gasteiger partial charge on any atom is -0.491 e. The van der Waals surface area contributed by atoms with Gasteiger partial charge in [0.15, 0.2) is 0 Å². The van der Waals surface area contributed by atoms with Crippen molar-refractivity contribution >= 4 is 5.91 Å². The number of rotatable bonds is 12. The second kappa shape index (κ2) is 12.5. The van der Waals surface area contributed by atoms with E-state index in [1.807, 2.05) is 32.0 Å². The fourth-order valence-corrected chi connectivity index (χ4v) is 5.44. The van der Waals surface area contributed by atoms with Crippen molar-refractivity contribution in [1.29, 1.82) is 0 Å². The molecule has 0 heterocycles. The molecule has 1 unspecified atom stereocenters. The van der Waals surface area contributed by atoms with Crippen LogP contribution in [0.4, 0.5) is 0 Å². The number of para-hydroxylation sites is 1. The van der Waals surface area contributed by atoms with Gasteiger partial charge in [0, 0.05) is 25.6 Å². The molecule has 9 heteroatoms. The highest BCUT2D eigenvalue weighted by atomic mass is 17.0. The summed E-state index contributed by atoms with van der Waals surface area (Å²) in [6.45, 7) is 6.21. The van der Waals surface area contributed by atoms with E-state index in [-0.39, 0.29) is 18.6 Å². The van der Waals surface area contributed by atoms with E-state index in [0.717, 1.165) is 18.6 Å². The number of benzene rings is 1. The number of aliphatic hydroxyl groups excluding tert-OH is 1. The summed E-state index contributed by atoms with van der Waals surface area (Å²) < 4.78 is 6.01. The van der Waals surface area contributed by atoms with Crippen molar-refractivity contribution in [2.75, 3.05) is 19.7 Å². The Balaban J connectivity index is 1.53. The molecule has 3 atom stereocenters. The molecule has 1 aromatic carbocycles. The number of nitrogens with zero attached hydrogens (tertiary/aromatic N) is 2. The molecule has 1 aromatic rings. The van der Waals surface area contributed by atoms with Crippen molar-refractivity contribution < 1.29 is 24.6 Å². The molecule has 3 rings (SSSR count). The standard InChI is InChI=1S/C26H41N3O6/c1-19(30)28(23-13-7-9-15-25(23)35-29(32)33)18-26(2,3)27-16-21(31)17-34-24-14-8-6-12-22(24)20-10-4-5-11-20/h6,8,12,14,20-21,23,25,27,31H,4-5,7,9-11,13,15-18H2,1-3H3/t21?,23-,25-/m1/s1. The smallest absolute Gasteiger partial charge is 0.294 e. The summed E-state index contributed by atoms with van der Waals surface area (Å²) in [4.78, 5) is 30.1. The monoisotopic (exact) mass is 491 g/mol. The number of carbonyl (C=O) groups excluding carboxylic acids is 1. The molecule has 196 valence electrons. The summed E-state index contributed by atoms with van der Waals surface area (Å²) in [5.74, 6) is 1.23. The van der Waals surface area contributed by atoms with E-state index in [1.165, 1.54) is 38.2 Å². The van der Waals surface area contributed by atoms with Gasteiger partial charge in [0.1, 0.15) is 24.6 Å². The third-order valence-corrected chi connectivity index (χ3v) is 7.22. The number of hydrogen-bond donors (Lipinski definition) is 2. The van der Waals surface area contributed by atoms with E-state index in [0.29, 0.717) is 31.8 Å². The quantitative estimate of drug-likeness (QED) is 0.337. The van der Waals surface area contributed by atoms with Crippen molar-refractivity contribution in [1.82, 2.24) is 10.2 Å². The molecule has 35 heavy (non-hydrogen) atoms. The van der Waals surface area contributed by atoms with Gasteiger partial charge in [-0.1, -0.05) is 43.9 Å². The predicted molar refractivity (Wildman–Crippen MR) is 133 cm³/mol. The Kier molecular flexibility index (Phi) is 9.74. The zero-order valence-electron chi connectivity index (χ0n) is 21.3. The lowest BCUT2D eigenvalue weighted by Crippen LogP contribution is -2.58. The number of β-amino-alcohol motifs (C(OH)–C–C–N with tert-alkyl or cyclic N) is 1. The number of aliphatic hydroxyl groups is 1. The summed E-state index contributed by atoms with van der Waals surface area (Å²) in [5.41, 5.74) is 0.701. The van der Waals surface area contributed by atoms with E-state index < -0.39 is 22.8 Å². The lowest BCUT2D eigenvalue weighted by atomic mass is 9.90. The molecule has 0 bridgehead atoms. The lowest BCUT2D eigenvalue weighted by molar-refractivity contribution is -0.770. The topological polar surface area (TPSA) is 114 Å². The van der Waals surface area contributed by atoms with Crippen LogP contribution in [0.15, 0.2) is 24.3 Å². The molecule has 0 saturated heterocycles. The van der Waals surface area contributed by atoms with Gasteiger partial charge in [-0.25, -0.2) is 0 Å². The molecule has 2 fully saturated rings. The largest absolute Gasteiger partial charge is 0.491 e. The van der Waals surface area contributed by atoms with Crippen molar-refractivity contribution in [2.45, 2.75) is 102 Å². The maximum absolute atomic E-state index is 12.5. The highest BCUT2D eigenvalue weighted by Crippen LogP contribution is 2.38. The normalized spacial score (nSPS) is 21.9. The second-order valence-corrected chi connectivity index (χ2v) is 10.6. The average molecular weight is 492 g/mol. The van der Waals surface area contributed by atoms with Crippen LogP contribution in [0, 0.1) is 10.1 Å². The summed E-state index contributed by atoms with van der Waals surface area (Å²) in [6.07, 6.45) is 6.49. The van der Waals surface area contributed by atoms with Crippen molar-refractivity contribution in [3.8, 4) is 5.75 Å². The second-order valence-electron chi connectivity index (χ2n) is 10.6. The zero-order valence-corrected chi connectivity index (χ0v) is 21.3. The Bertz CT molecular complexity index is 842. The van der Waals surface area contributed by atoms with Crippen molar-refractivity contribution in [3.63, 3.8) is 0 Å². The van der Waals surface area contributed by atoms with Crippen LogP contribution in [-0.2, 0) is 9.63 Å². The third kappa shape index (κ3) is 8.07. The predicted octanol–water partition coefficient (Wildman–Crippen LogP) is 3.82. The fourth-order valence-electron chi connectivity index (χ4n) is 5.44. The Labute approximate surface area is 208 Å². The molecule has 0 radical (unpaired) electrons. The Morgan fingerprint density at radius 1 is 1.20 bits per heavy atom. The molecule has 2 N–H and O–H groups in total. The van der Waals surface area contributed by atoms with Crippen LogP contribution in [0.3, 0.4) is 0 Å². The number of carbonyl (C=O) groups is 1. The van der Waals surface area contributed by atoms with E-state index in [2.05, 4.69) is 11.4 Å². The number of amides is 1. The molecule has 1 amide bonds. The first-order valence-corrected chi connectivity index (χ1v) is 12.9. The van der Waals surface area contributed by atoms with E-state index in [1.54, 1.807) is 4.90 Å². The lowest BCUT2D eigenvalue weighted by Gasteiger charge is -2.42. The highest BCUT2D eigenvalue weighted by molar-refractivity contribution is 5.73. The van der Waals surface area contributed by atoms with Gasteiger partial charge >= 0.3 is 0 Å². The molecule has 9 nitrogen and oxygen atoms in total. The van der Waals surface area contributed by atoms with Crippen LogP contribution in [-0.4, -0.2) is 64.5 Å². The molecule has 2 saturated carbocycles. The zero-order chi connectivity index (χ0) is 25.4.